The molecule has 5 nitrogen and oxygen atoms in total. The lowest BCUT2D eigenvalue weighted by Gasteiger charge is -2.41. The molecule has 3 fully saturated rings. The summed E-state index contributed by atoms with van der Waals surface area (Å²) < 4.78 is 0.180. The van der Waals surface area contributed by atoms with Gasteiger partial charge in [0.25, 0.3) is 0 Å². The zero-order chi connectivity index (χ0) is 16.4. The molecule has 0 aromatic heterocycles. The Kier molecular flexibility index (Phi) is 6.34. The SMILES string of the molecule is O=C(C[NH+]1CCCC2CCCCC21)C1CCC(I)C([NH+]([O-])O)C1. The molecule has 3 rings (SSSR count). The van der Waals surface area contributed by atoms with Gasteiger partial charge in [0.05, 0.1) is 16.5 Å². The smallest absolute Gasteiger partial charge is 0.190 e. The maximum atomic E-state index is 12.8. The first-order valence-electron chi connectivity index (χ1n) is 9.30. The molecule has 1 aliphatic heterocycles. The van der Waals surface area contributed by atoms with Crippen LogP contribution in [0.5, 0.6) is 0 Å². The van der Waals surface area contributed by atoms with Crippen molar-refractivity contribution >= 4 is 28.4 Å². The lowest BCUT2D eigenvalue weighted by atomic mass is 9.77. The van der Waals surface area contributed by atoms with E-state index in [0.717, 1.165) is 25.3 Å². The summed E-state index contributed by atoms with van der Waals surface area (Å²) >= 11 is 2.25. The fourth-order valence-electron chi connectivity index (χ4n) is 5.14. The number of alkyl halides is 1. The second-order valence-electron chi connectivity index (χ2n) is 7.82. The molecule has 3 aliphatic rings. The summed E-state index contributed by atoms with van der Waals surface area (Å²) in [6, 6.07) is 0.356. The third kappa shape index (κ3) is 4.26. The maximum absolute atomic E-state index is 12.8. The molecule has 7 unspecified atom stereocenters. The van der Waals surface area contributed by atoms with Crippen LogP contribution in [0.4, 0.5) is 0 Å². The fourth-order valence-corrected chi connectivity index (χ4v) is 6.10. The number of fused-ring (bicyclic) bond motifs is 1. The number of carbonyl (C=O) groups is 1. The maximum Gasteiger partial charge on any atom is 0.190 e. The number of carbonyl (C=O) groups excluding carboxylic acids is 1. The Morgan fingerprint density at radius 2 is 1.91 bits per heavy atom. The van der Waals surface area contributed by atoms with Crippen molar-refractivity contribution in [3.63, 3.8) is 0 Å². The molecule has 7 atom stereocenters. The van der Waals surface area contributed by atoms with Gasteiger partial charge in [-0.05, 0) is 44.9 Å². The highest BCUT2D eigenvalue weighted by molar-refractivity contribution is 14.1. The molecule has 0 spiro atoms. The average molecular weight is 437 g/mol. The summed E-state index contributed by atoms with van der Waals surface area (Å²) in [5, 5.41) is 20.0. The fraction of sp³-hybridized carbons (Fsp3) is 0.941. The van der Waals surface area contributed by atoms with E-state index in [-0.39, 0.29) is 15.9 Å². The van der Waals surface area contributed by atoms with E-state index >= 15 is 0 Å². The van der Waals surface area contributed by atoms with Crippen molar-refractivity contribution in [3.8, 4) is 0 Å². The Morgan fingerprint density at radius 1 is 1.17 bits per heavy atom. The summed E-state index contributed by atoms with van der Waals surface area (Å²) in [7, 11) is 0. The number of likely N-dealkylation sites (tertiary alicyclic amines) is 1. The van der Waals surface area contributed by atoms with Gasteiger partial charge in [-0.1, -0.05) is 29.0 Å². The first-order valence-corrected chi connectivity index (χ1v) is 10.5. The van der Waals surface area contributed by atoms with Crippen LogP contribution in [0.15, 0.2) is 0 Å². The van der Waals surface area contributed by atoms with Crippen molar-refractivity contribution in [2.24, 2.45) is 11.8 Å². The van der Waals surface area contributed by atoms with Crippen LogP contribution in [-0.2, 0) is 4.79 Å². The van der Waals surface area contributed by atoms with E-state index in [1.165, 1.54) is 43.4 Å². The van der Waals surface area contributed by atoms with Gasteiger partial charge in [0.15, 0.2) is 5.78 Å². The minimum absolute atomic E-state index is 0.0152. The molecule has 23 heavy (non-hydrogen) atoms. The Balaban J connectivity index is 1.57. The van der Waals surface area contributed by atoms with Crippen LogP contribution >= 0.6 is 22.6 Å². The van der Waals surface area contributed by atoms with Gasteiger partial charge in [0, 0.05) is 18.3 Å². The Labute approximate surface area is 152 Å². The average Bonchev–Trinajstić information content (AvgIpc) is 2.55. The van der Waals surface area contributed by atoms with Crippen LogP contribution < -0.4 is 10.1 Å². The molecule has 0 bridgehead atoms. The Hall–Kier alpha value is 0.240. The molecular weight excluding hydrogens is 407 g/mol. The van der Waals surface area contributed by atoms with E-state index in [0.29, 0.717) is 24.8 Å². The minimum Gasteiger partial charge on any atom is -0.600 e. The Morgan fingerprint density at radius 3 is 2.70 bits per heavy atom. The van der Waals surface area contributed by atoms with Gasteiger partial charge in [0.1, 0.15) is 12.6 Å². The molecule has 0 radical (unpaired) electrons. The number of Topliss-reactive ketones (excluding diaryl/α,β-unsaturated/α-hetero) is 1. The molecule has 132 valence electrons. The highest BCUT2D eigenvalue weighted by Crippen LogP contribution is 2.30. The normalized spacial score (nSPS) is 42.7. The summed E-state index contributed by atoms with van der Waals surface area (Å²) in [6.07, 6.45) is 10.2. The molecule has 0 amide bonds. The topological polar surface area (TPSA) is 69.2 Å². The minimum atomic E-state index is -0.723. The van der Waals surface area contributed by atoms with E-state index in [1.54, 1.807) is 0 Å². The standard InChI is InChI=1S/C17H29IN2O3/c18-14-8-7-13(10-16(14)20(22)23)17(21)11-19-9-3-5-12-4-1-2-6-15(12)19/h12-16,20,22H,1-11H2/p+1. The van der Waals surface area contributed by atoms with Gasteiger partial charge in [-0.3, -0.25) is 4.79 Å². The first-order chi connectivity index (χ1) is 11.1. The van der Waals surface area contributed by atoms with Gasteiger partial charge >= 0.3 is 0 Å². The van der Waals surface area contributed by atoms with Gasteiger partial charge in [-0.2, -0.15) is 0 Å². The number of nitrogens with one attached hydrogen (secondary N) is 2. The monoisotopic (exact) mass is 437 g/mol. The molecule has 2 aliphatic carbocycles. The van der Waals surface area contributed by atoms with Gasteiger partial charge in [-0.15, -0.1) is 0 Å². The van der Waals surface area contributed by atoms with Crippen LogP contribution in [0.3, 0.4) is 0 Å². The van der Waals surface area contributed by atoms with Crippen molar-refractivity contribution in [3.05, 3.63) is 5.21 Å². The molecule has 3 N–H and O–H groups in total. The number of piperidine rings is 1. The number of rotatable bonds is 4. The first kappa shape index (κ1) is 18.0. The highest BCUT2D eigenvalue weighted by Gasteiger charge is 2.41. The molecule has 2 saturated carbocycles. The predicted molar refractivity (Wildman–Crippen MR) is 95.7 cm³/mol. The molecule has 1 saturated heterocycles. The lowest BCUT2D eigenvalue weighted by molar-refractivity contribution is -1.07. The van der Waals surface area contributed by atoms with Crippen molar-refractivity contribution in [1.29, 1.82) is 0 Å². The third-order valence-corrected chi connectivity index (χ3v) is 7.94. The Bertz CT molecular complexity index is 419. The molecule has 0 aromatic carbocycles. The van der Waals surface area contributed by atoms with Crippen molar-refractivity contribution < 1.29 is 20.1 Å². The van der Waals surface area contributed by atoms with Crippen LogP contribution in [0.2, 0.25) is 0 Å². The molecule has 0 aromatic rings. The van der Waals surface area contributed by atoms with Crippen LogP contribution in [0.25, 0.3) is 0 Å². The highest BCUT2D eigenvalue weighted by atomic mass is 127. The van der Waals surface area contributed by atoms with Gasteiger partial charge in [0.2, 0.25) is 0 Å². The second-order valence-corrected chi connectivity index (χ2v) is 9.42. The lowest BCUT2D eigenvalue weighted by Crippen LogP contribution is -3.18. The quantitative estimate of drug-likeness (QED) is 0.342. The second kappa shape index (κ2) is 8.08. The molecule has 1 heterocycles. The number of ketones is 1. The van der Waals surface area contributed by atoms with E-state index in [2.05, 4.69) is 22.6 Å². The van der Waals surface area contributed by atoms with Crippen LogP contribution in [-0.4, -0.2) is 40.1 Å². The van der Waals surface area contributed by atoms with Crippen LogP contribution in [0, 0.1) is 17.0 Å². The number of hydroxylamine groups is 2. The van der Waals surface area contributed by atoms with Crippen molar-refractivity contribution in [2.75, 3.05) is 13.1 Å². The van der Waals surface area contributed by atoms with Gasteiger partial charge < -0.3 is 10.1 Å². The summed E-state index contributed by atoms with van der Waals surface area (Å²) in [6.45, 7) is 1.78. The van der Waals surface area contributed by atoms with E-state index < -0.39 is 5.23 Å². The van der Waals surface area contributed by atoms with E-state index in [4.69, 9.17) is 0 Å². The predicted octanol–water partition coefficient (Wildman–Crippen LogP) is 0.537. The van der Waals surface area contributed by atoms with Crippen molar-refractivity contribution in [1.82, 2.24) is 0 Å². The van der Waals surface area contributed by atoms with E-state index in [9.17, 15) is 15.2 Å². The molecular formula is C17H30IN2O3+. The summed E-state index contributed by atoms with van der Waals surface area (Å²) in [5.74, 6) is 1.15. The third-order valence-electron chi connectivity index (χ3n) is 6.45. The largest absolute Gasteiger partial charge is 0.600 e. The number of hydrogen-bond acceptors (Lipinski definition) is 3. The summed E-state index contributed by atoms with van der Waals surface area (Å²) in [4.78, 5) is 14.3. The van der Waals surface area contributed by atoms with E-state index in [1.807, 2.05) is 0 Å². The number of hydrogen-bond donors (Lipinski definition) is 3. The van der Waals surface area contributed by atoms with Crippen LogP contribution in [0.1, 0.15) is 57.8 Å². The zero-order valence-corrected chi connectivity index (χ0v) is 16.0. The van der Waals surface area contributed by atoms with Crippen molar-refractivity contribution in [2.45, 2.75) is 73.8 Å². The summed E-state index contributed by atoms with van der Waals surface area (Å²) in [5.41, 5.74) is 0. The number of halogens is 1. The zero-order valence-electron chi connectivity index (χ0n) is 13.8. The number of quaternary nitrogens is 2. The molecule has 6 heteroatoms. The van der Waals surface area contributed by atoms with Gasteiger partial charge in [-0.25, -0.2) is 10.4 Å².